The molecule has 4 nitrogen and oxygen atoms in total. The van der Waals surface area contributed by atoms with Gasteiger partial charge in [-0.05, 0) is 14.1 Å². The third-order valence-corrected chi connectivity index (χ3v) is 1.24. The molecular weight excluding hydrogens is 152 g/mol. The smallest absolute Gasteiger partial charge is 0.0553 e. The first-order valence-corrected chi connectivity index (χ1v) is 3.76. The maximum absolute atomic E-state index is 3.83. The highest BCUT2D eigenvalue weighted by Crippen LogP contribution is 1.91. The Kier molecular flexibility index (Phi) is 5.91. The third-order valence-electron chi connectivity index (χ3n) is 1.24. The zero-order chi connectivity index (χ0) is 9.40. The van der Waals surface area contributed by atoms with Gasteiger partial charge in [0, 0.05) is 18.9 Å². The van der Waals surface area contributed by atoms with Crippen molar-refractivity contribution in [2.75, 3.05) is 27.2 Å². The molecule has 0 saturated carbocycles. The maximum Gasteiger partial charge on any atom is 0.0553 e. The number of hydrogen-bond acceptors (Lipinski definition) is 3. The Hall–Kier alpha value is -1.16. The minimum atomic E-state index is 0.786. The van der Waals surface area contributed by atoms with E-state index < -0.39 is 0 Å². The first-order valence-electron chi connectivity index (χ1n) is 3.76. The highest BCUT2D eigenvalue weighted by atomic mass is 15.5. The lowest BCUT2D eigenvalue weighted by Crippen LogP contribution is -2.24. The molecule has 0 radical (unpaired) electrons. The molecule has 0 atom stereocenters. The minimum Gasteiger partial charge on any atom is -0.308 e. The van der Waals surface area contributed by atoms with Crippen molar-refractivity contribution in [3.63, 3.8) is 0 Å². The molecule has 0 bridgehead atoms. The average molecular weight is 168 g/mol. The van der Waals surface area contributed by atoms with Crippen LogP contribution in [0, 0.1) is 0 Å². The summed E-state index contributed by atoms with van der Waals surface area (Å²) in [6.45, 7) is 8.75. The summed E-state index contributed by atoms with van der Waals surface area (Å²) in [6.07, 6.45) is 3.03. The van der Waals surface area contributed by atoms with Crippen molar-refractivity contribution in [3.05, 3.63) is 25.6 Å². The normalized spacial score (nSPS) is 10.6. The van der Waals surface area contributed by atoms with Crippen molar-refractivity contribution in [2.24, 2.45) is 10.3 Å². The van der Waals surface area contributed by atoms with Crippen molar-refractivity contribution in [1.82, 2.24) is 9.91 Å². The fourth-order valence-electron chi connectivity index (χ4n) is 0.578. The van der Waals surface area contributed by atoms with E-state index in [2.05, 4.69) is 28.4 Å². The van der Waals surface area contributed by atoms with E-state index in [9.17, 15) is 0 Å². The number of nitrogens with zero attached hydrogens (tertiary/aromatic N) is 4. The molecule has 0 aromatic rings. The Morgan fingerprint density at radius 3 is 2.33 bits per heavy atom. The molecular formula is C8H16N4. The van der Waals surface area contributed by atoms with Crippen molar-refractivity contribution in [2.45, 2.75) is 0 Å². The monoisotopic (exact) mass is 168 g/mol. The van der Waals surface area contributed by atoms with Crippen LogP contribution in [0.15, 0.2) is 35.9 Å². The van der Waals surface area contributed by atoms with E-state index in [1.54, 1.807) is 11.2 Å². The minimum absolute atomic E-state index is 0.786. The summed E-state index contributed by atoms with van der Waals surface area (Å²) in [4.78, 5) is 2.07. The van der Waals surface area contributed by atoms with Crippen LogP contribution in [-0.2, 0) is 0 Å². The van der Waals surface area contributed by atoms with Gasteiger partial charge in [-0.3, -0.25) is 5.01 Å². The van der Waals surface area contributed by atoms with Crippen LogP contribution in [0.5, 0.6) is 0 Å². The summed E-state index contributed by atoms with van der Waals surface area (Å²) in [5, 5.41) is 9.14. The third kappa shape index (κ3) is 5.61. The summed E-state index contributed by atoms with van der Waals surface area (Å²) in [6, 6.07) is 0. The fourth-order valence-corrected chi connectivity index (χ4v) is 0.578. The van der Waals surface area contributed by atoms with Crippen LogP contribution in [-0.4, -0.2) is 37.1 Å². The van der Waals surface area contributed by atoms with Crippen LogP contribution < -0.4 is 0 Å². The molecule has 68 valence electrons. The van der Waals surface area contributed by atoms with E-state index in [0.717, 1.165) is 13.1 Å². The molecule has 0 aliphatic heterocycles. The van der Waals surface area contributed by atoms with Crippen molar-refractivity contribution in [1.29, 1.82) is 0 Å². The lowest BCUT2D eigenvalue weighted by Gasteiger charge is -2.15. The standard InChI is InChI=1S/C8H16N4/c1-5-9-10-12(6-2)8-7-11(3)4/h5-6H,1-2,7-8H2,3-4H3. The van der Waals surface area contributed by atoms with Gasteiger partial charge in [0.1, 0.15) is 0 Å². The van der Waals surface area contributed by atoms with Gasteiger partial charge in [0.2, 0.25) is 0 Å². The summed E-state index contributed by atoms with van der Waals surface area (Å²) < 4.78 is 0. The van der Waals surface area contributed by atoms with E-state index in [0.29, 0.717) is 0 Å². The van der Waals surface area contributed by atoms with Crippen molar-refractivity contribution in [3.8, 4) is 0 Å². The van der Waals surface area contributed by atoms with E-state index in [1.165, 1.54) is 6.20 Å². The molecule has 0 aromatic heterocycles. The van der Waals surface area contributed by atoms with Gasteiger partial charge in [-0.25, -0.2) is 0 Å². The molecule has 0 aliphatic carbocycles. The van der Waals surface area contributed by atoms with E-state index in [-0.39, 0.29) is 0 Å². The quantitative estimate of drug-likeness (QED) is 0.444. The Bertz CT molecular complexity index is 162. The molecule has 12 heavy (non-hydrogen) atoms. The summed E-state index contributed by atoms with van der Waals surface area (Å²) in [5.74, 6) is 0. The van der Waals surface area contributed by atoms with Gasteiger partial charge in [0.25, 0.3) is 0 Å². The second-order valence-electron chi connectivity index (χ2n) is 2.54. The number of likely N-dealkylation sites (N-methyl/N-ethyl adjacent to an activating group) is 1. The Balaban J connectivity index is 3.74. The first kappa shape index (κ1) is 10.8. The van der Waals surface area contributed by atoms with E-state index in [4.69, 9.17) is 0 Å². The zero-order valence-electron chi connectivity index (χ0n) is 7.77. The largest absolute Gasteiger partial charge is 0.308 e. The lowest BCUT2D eigenvalue weighted by atomic mass is 10.6. The predicted octanol–water partition coefficient (Wildman–Crippen LogP) is 1.50. The van der Waals surface area contributed by atoms with Gasteiger partial charge in [-0.15, -0.1) is 5.11 Å². The van der Waals surface area contributed by atoms with Gasteiger partial charge >= 0.3 is 0 Å². The Morgan fingerprint density at radius 1 is 1.25 bits per heavy atom. The van der Waals surface area contributed by atoms with Crippen LogP contribution in [0.2, 0.25) is 0 Å². The number of hydrogen-bond donors (Lipinski definition) is 0. The molecule has 0 saturated heterocycles. The summed E-state index contributed by atoms with van der Waals surface area (Å²) in [5.41, 5.74) is 0. The highest BCUT2D eigenvalue weighted by molar-refractivity contribution is 4.68. The van der Waals surface area contributed by atoms with Crippen LogP contribution in [0.1, 0.15) is 0 Å². The van der Waals surface area contributed by atoms with E-state index in [1.807, 2.05) is 14.1 Å². The van der Waals surface area contributed by atoms with Gasteiger partial charge in [-0.1, -0.05) is 18.4 Å². The fraction of sp³-hybridized carbons (Fsp3) is 0.500. The second kappa shape index (κ2) is 6.54. The van der Waals surface area contributed by atoms with Gasteiger partial charge in [0.05, 0.1) is 6.54 Å². The molecule has 0 unspecified atom stereocenters. The van der Waals surface area contributed by atoms with Crippen LogP contribution in [0.3, 0.4) is 0 Å². The molecule has 4 heteroatoms. The topological polar surface area (TPSA) is 31.2 Å². The van der Waals surface area contributed by atoms with Crippen molar-refractivity contribution >= 4 is 0 Å². The van der Waals surface area contributed by atoms with E-state index >= 15 is 0 Å². The molecule has 0 spiro atoms. The zero-order valence-corrected chi connectivity index (χ0v) is 7.77. The number of rotatable bonds is 6. The lowest BCUT2D eigenvalue weighted by molar-refractivity contribution is 0.305. The maximum atomic E-state index is 3.83. The van der Waals surface area contributed by atoms with Gasteiger partial charge < -0.3 is 4.90 Å². The summed E-state index contributed by atoms with van der Waals surface area (Å²) in [7, 11) is 4.01. The average Bonchev–Trinajstić information content (AvgIpc) is 2.05. The molecule has 0 fully saturated rings. The van der Waals surface area contributed by atoms with Crippen LogP contribution in [0.4, 0.5) is 0 Å². The SMILES string of the molecule is C=CN=NN(C=C)CCN(C)C. The van der Waals surface area contributed by atoms with Gasteiger partial charge in [0.15, 0.2) is 0 Å². The van der Waals surface area contributed by atoms with Crippen LogP contribution in [0.25, 0.3) is 0 Å². The molecule has 0 N–H and O–H groups in total. The van der Waals surface area contributed by atoms with Crippen molar-refractivity contribution < 1.29 is 0 Å². The highest BCUT2D eigenvalue weighted by Gasteiger charge is 1.95. The Morgan fingerprint density at radius 2 is 1.92 bits per heavy atom. The Labute approximate surface area is 73.9 Å². The van der Waals surface area contributed by atoms with Gasteiger partial charge in [-0.2, -0.15) is 0 Å². The second-order valence-corrected chi connectivity index (χ2v) is 2.54. The molecule has 0 aliphatic rings. The predicted molar refractivity (Wildman–Crippen MR) is 50.5 cm³/mol. The van der Waals surface area contributed by atoms with Crippen LogP contribution >= 0.6 is 0 Å². The first-order chi connectivity index (χ1) is 5.70. The molecule has 0 amide bonds. The summed E-state index contributed by atoms with van der Waals surface area (Å²) >= 11 is 0. The molecule has 0 heterocycles. The molecule has 0 aromatic carbocycles. The molecule has 0 rings (SSSR count).